The van der Waals surface area contributed by atoms with Crippen LogP contribution in [0.2, 0.25) is 0 Å². The van der Waals surface area contributed by atoms with E-state index in [0.717, 1.165) is 21.3 Å². The van der Waals surface area contributed by atoms with Crippen LogP contribution in [0.1, 0.15) is 4.88 Å². The Morgan fingerprint density at radius 2 is 2.15 bits per heavy atom. The molecule has 0 spiro atoms. The molecule has 3 nitrogen and oxygen atoms in total. The van der Waals surface area contributed by atoms with Gasteiger partial charge >= 0.3 is 0 Å². The first-order valence-corrected chi connectivity index (χ1v) is 7.06. The minimum absolute atomic E-state index is 0.136. The van der Waals surface area contributed by atoms with E-state index >= 15 is 0 Å². The molecule has 1 amide bonds. The van der Waals surface area contributed by atoms with Crippen LogP contribution in [0.25, 0.3) is 16.8 Å². The van der Waals surface area contributed by atoms with Crippen molar-refractivity contribution in [3.05, 3.63) is 65.1 Å². The quantitative estimate of drug-likeness (QED) is 0.738. The largest absolute Gasteiger partial charge is 0.322 e. The minimum Gasteiger partial charge on any atom is -0.322 e. The number of nitrogens with one attached hydrogen (secondary N) is 1. The first-order valence-electron chi connectivity index (χ1n) is 6.18. The van der Waals surface area contributed by atoms with Crippen molar-refractivity contribution in [1.82, 2.24) is 4.98 Å². The van der Waals surface area contributed by atoms with Gasteiger partial charge in [-0.1, -0.05) is 18.2 Å². The predicted molar refractivity (Wildman–Crippen MR) is 83.7 cm³/mol. The number of fused-ring (bicyclic) bond motifs is 1. The number of thiophene rings is 1. The molecule has 20 heavy (non-hydrogen) atoms. The topological polar surface area (TPSA) is 42.0 Å². The van der Waals surface area contributed by atoms with Gasteiger partial charge in [0.25, 0.3) is 0 Å². The first kappa shape index (κ1) is 12.6. The predicted octanol–water partition coefficient (Wildman–Crippen LogP) is 3.95. The fourth-order valence-corrected chi connectivity index (χ4v) is 2.57. The molecule has 0 unspecified atom stereocenters. The Bertz CT molecular complexity index is 758. The fourth-order valence-electron chi connectivity index (χ4n) is 1.95. The van der Waals surface area contributed by atoms with E-state index < -0.39 is 0 Å². The highest BCUT2D eigenvalue weighted by Crippen LogP contribution is 2.22. The molecule has 3 rings (SSSR count). The zero-order chi connectivity index (χ0) is 13.8. The summed E-state index contributed by atoms with van der Waals surface area (Å²) in [6, 6.07) is 11.6. The highest BCUT2D eigenvalue weighted by molar-refractivity contribution is 7.10. The average molecular weight is 280 g/mol. The second-order valence-corrected chi connectivity index (χ2v) is 5.22. The molecule has 2 heterocycles. The van der Waals surface area contributed by atoms with E-state index in [0.29, 0.717) is 0 Å². The molecule has 0 radical (unpaired) electrons. The molecule has 0 saturated carbocycles. The van der Waals surface area contributed by atoms with Gasteiger partial charge in [0.15, 0.2) is 0 Å². The number of amides is 1. The molecule has 2 aromatic heterocycles. The number of rotatable bonds is 3. The lowest BCUT2D eigenvalue weighted by molar-refractivity contribution is -0.111. The van der Waals surface area contributed by atoms with Crippen LogP contribution in [0.15, 0.2) is 60.2 Å². The summed E-state index contributed by atoms with van der Waals surface area (Å²) in [4.78, 5) is 17.1. The molecular formula is C16H12N2OS. The number of carbonyl (C=O) groups is 1. The van der Waals surface area contributed by atoms with Gasteiger partial charge in [-0.25, -0.2) is 0 Å². The van der Waals surface area contributed by atoms with E-state index in [-0.39, 0.29) is 5.91 Å². The molecule has 0 saturated heterocycles. The Balaban J connectivity index is 1.81. The standard InChI is InChI=1S/C16H12N2OS/c19-16(7-6-13-4-2-10-20-13)18-15-5-1-3-12-11-17-9-8-14(12)15/h1-11H,(H,18,19)/b7-6+. The zero-order valence-electron chi connectivity index (χ0n) is 10.6. The van der Waals surface area contributed by atoms with E-state index in [1.807, 2.05) is 47.9 Å². The van der Waals surface area contributed by atoms with Crippen molar-refractivity contribution >= 4 is 39.8 Å². The van der Waals surface area contributed by atoms with Gasteiger partial charge in [0.1, 0.15) is 0 Å². The lowest BCUT2D eigenvalue weighted by atomic mass is 10.1. The maximum Gasteiger partial charge on any atom is 0.248 e. The normalized spacial score (nSPS) is 11.0. The van der Waals surface area contributed by atoms with Gasteiger partial charge in [-0.05, 0) is 29.7 Å². The highest BCUT2D eigenvalue weighted by Gasteiger charge is 2.03. The molecule has 3 aromatic rings. The SMILES string of the molecule is O=C(/C=C/c1cccs1)Nc1cccc2cnccc12. The molecule has 0 aliphatic heterocycles. The summed E-state index contributed by atoms with van der Waals surface area (Å²) < 4.78 is 0. The summed E-state index contributed by atoms with van der Waals surface area (Å²) in [6.07, 6.45) is 6.87. The third-order valence-electron chi connectivity index (χ3n) is 2.88. The summed E-state index contributed by atoms with van der Waals surface area (Å²) in [5, 5.41) is 6.87. The second kappa shape index (κ2) is 5.67. The second-order valence-electron chi connectivity index (χ2n) is 4.24. The summed E-state index contributed by atoms with van der Waals surface area (Å²) in [6.45, 7) is 0. The molecule has 0 aliphatic carbocycles. The highest BCUT2D eigenvalue weighted by atomic mass is 32.1. The number of pyridine rings is 1. The van der Waals surface area contributed by atoms with E-state index in [9.17, 15) is 4.79 Å². The Hall–Kier alpha value is -2.46. The Morgan fingerprint density at radius 3 is 3.00 bits per heavy atom. The van der Waals surface area contributed by atoms with Gasteiger partial charge < -0.3 is 5.32 Å². The van der Waals surface area contributed by atoms with Crippen molar-refractivity contribution in [2.75, 3.05) is 5.32 Å². The zero-order valence-corrected chi connectivity index (χ0v) is 11.4. The van der Waals surface area contributed by atoms with Gasteiger partial charge in [0, 0.05) is 39.8 Å². The number of nitrogens with zero attached hydrogens (tertiary/aromatic N) is 1. The lowest BCUT2D eigenvalue weighted by Gasteiger charge is -2.06. The molecule has 4 heteroatoms. The van der Waals surface area contributed by atoms with Gasteiger partial charge in [0.05, 0.1) is 0 Å². The number of hydrogen-bond acceptors (Lipinski definition) is 3. The van der Waals surface area contributed by atoms with Gasteiger partial charge in [-0.2, -0.15) is 0 Å². The Labute approximate surface area is 120 Å². The van der Waals surface area contributed by atoms with Crippen molar-refractivity contribution in [1.29, 1.82) is 0 Å². The van der Waals surface area contributed by atoms with Crippen LogP contribution in [-0.4, -0.2) is 10.9 Å². The third kappa shape index (κ3) is 2.75. The summed E-state index contributed by atoms with van der Waals surface area (Å²) in [5.74, 6) is -0.136. The molecule has 1 aromatic carbocycles. The van der Waals surface area contributed by atoms with Crippen molar-refractivity contribution in [3.8, 4) is 0 Å². The Morgan fingerprint density at radius 1 is 1.20 bits per heavy atom. The smallest absolute Gasteiger partial charge is 0.248 e. The maximum absolute atomic E-state index is 11.9. The van der Waals surface area contributed by atoms with Crippen molar-refractivity contribution < 1.29 is 4.79 Å². The molecule has 1 N–H and O–H groups in total. The van der Waals surface area contributed by atoms with Crippen LogP contribution >= 0.6 is 11.3 Å². The van der Waals surface area contributed by atoms with E-state index in [2.05, 4.69) is 10.3 Å². The molecule has 0 bridgehead atoms. The molecule has 0 atom stereocenters. The van der Waals surface area contributed by atoms with Crippen molar-refractivity contribution in [2.24, 2.45) is 0 Å². The minimum atomic E-state index is -0.136. The van der Waals surface area contributed by atoms with Crippen LogP contribution < -0.4 is 5.32 Å². The lowest BCUT2D eigenvalue weighted by Crippen LogP contribution is -2.07. The molecular weight excluding hydrogens is 268 g/mol. The van der Waals surface area contributed by atoms with Crippen LogP contribution in [0.3, 0.4) is 0 Å². The Kier molecular flexibility index (Phi) is 3.56. The van der Waals surface area contributed by atoms with Gasteiger partial charge in [-0.3, -0.25) is 9.78 Å². The van der Waals surface area contributed by atoms with Gasteiger partial charge in [-0.15, -0.1) is 11.3 Å². The summed E-state index contributed by atoms with van der Waals surface area (Å²) >= 11 is 1.60. The van der Waals surface area contributed by atoms with Crippen LogP contribution in [0.5, 0.6) is 0 Å². The number of benzene rings is 1. The fraction of sp³-hybridized carbons (Fsp3) is 0. The molecule has 98 valence electrons. The van der Waals surface area contributed by atoms with Crippen LogP contribution in [0.4, 0.5) is 5.69 Å². The monoisotopic (exact) mass is 280 g/mol. The number of hydrogen-bond donors (Lipinski definition) is 1. The maximum atomic E-state index is 11.9. The number of anilines is 1. The molecule has 0 fully saturated rings. The number of aromatic nitrogens is 1. The van der Waals surface area contributed by atoms with E-state index in [1.165, 1.54) is 0 Å². The van der Waals surface area contributed by atoms with Crippen LogP contribution in [0, 0.1) is 0 Å². The van der Waals surface area contributed by atoms with Crippen LogP contribution in [-0.2, 0) is 4.79 Å². The van der Waals surface area contributed by atoms with Crippen molar-refractivity contribution in [3.63, 3.8) is 0 Å². The summed E-state index contributed by atoms with van der Waals surface area (Å²) in [7, 11) is 0. The van der Waals surface area contributed by atoms with Crippen molar-refractivity contribution in [2.45, 2.75) is 0 Å². The first-order chi connectivity index (χ1) is 9.83. The van der Waals surface area contributed by atoms with E-state index in [1.54, 1.807) is 29.8 Å². The molecule has 0 aliphatic rings. The van der Waals surface area contributed by atoms with E-state index in [4.69, 9.17) is 0 Å². The average Bonchev–Trinajstić information content (AvgIpc) is 2.99. The number of carbonyl (C=O) groups excluding carboxylic acids is 1. The third-order valence-corrected chi connectivity index (χ3v) is 3.72. The summed E-state index contributed by atoms with van der Waals surface area (Å²) in [5.41, 5.74) is 0.797. The van der Waals surface area contributed by atoms with Gasteiger partial charge in [0.2, 0.25) is 5.91 Å².